The van der Waals surface area contributed by atoms with Crippen LogP contribution in [0.3, 0.4) is 0 Å². The number of rotatable bonds is 1. The van der Waals surface area contributed by atoms with Crippen molar-refractivity contribution in [1.29, 1.82) is 0 Å². The number of benzene rings is 1. The summed E-state index contributed by atoms with van der Waals surface area (Å²) in [7, 11) is 0. The van der Waals surface area contributed by atoms with Crippen LogP contribution in [0.4, 0.5) is 0 Å². The van der Waals surface area contributed by atoms with E-state index in [0.29, 0.717) is 3.53 Å². The monoisotopic (exact) mass is 222 g/mol. The molecule has 58 valence electrons. The van der Waals surface area contributed by atoms with Crippen LogP contribution in [-0.4, -0.2) is 3.53 Å². The molecule has 1 aromatic rings. The molecule has 0 aliphatic rings. The quantitative estimate of drug-likeness (QED) is 0.282. The molecule has 0 aromatic heterocycles. The van der Waals surface area contributed by atoms with Crippen molar-refractivity contribution in [2.45, 2.75) is 11.8 Å². The Hall–Kier alpha value is 0.880. The average molecular weight is 222 g/mol. The van der Waals surface area contributed by atoms with Crippen molar-refractivity contribution in [1.82, 2.24) is 0 Å². The second-order valence-corrected chi connectivity index (χ2v) is 4.84. The van der Waals surface area contributed by atoms with E-state index in [9.17, 15) is 0 Å². The van der Waals surface area contributed by atoms with Crippen molar-refractivity contribution >= 4 is 40.1 Å². The molecule has 0 atom stereocenters. The van der Waals surface area contributed by atoms with Gasteiger partial charge >= 0.3 is 29.6 Å². The van der Waals surface area contributed by atoms with Gasteiger partial charge in [0.1, 0.15) is 0 Å². The topological polar surface area (TPSA) is 0 Å². The van der Waals surface area contributed by atoms with Crippen LogP contribution >= 0.6 is 24.0 Å². The molecular weight excluding hydrogens is 215 g/mol. The van der Waals surface area contributed by atoms with E-state index in [4.69, 9.17) is 24.8 Å². The Labute approximate surface area is 110 Å². The molecule has 1 aromatic carbocycles. The maximum Gasteiger partial charge on any atom is 1.00 e. The summed E-state index contributed by atoms with van der Waals surface area (Å²) in [6.07, 6.45) is 0. The van der Waals surface area contributed by atoms with Crippen LogP contribution in [0.1, 0.15) is 5.56 Å². The van der Waals surface area contributed by atoms with Gasteiger partial charge in [0.05, 0.1) is 0 Å². The van der Waals surface area contributed by atoms with E-state index < -0.39 is 0 Å². The fourth-order valence-electron chi connectivity index (χ4n) is 0.703. The van der Waals surface area contributed by atoms with Crippen molar-refractivity contribution in [3.63, 3.8) is 0 Å². The van der Waals surface area contributed by atoms with Gasteiger partial charge in [0, 0.05) is 4.90 Å². The standard InChI is InChI=1S/C8H8S3.Na/c1-6-2-4-7(5-3-6)11-8(9)10;/h2-5H,1H3,(H,9,10);/q;+1/p-1. The van der Waals surface area contributed by atoms with Crippen LogP contribution in [0, 0.1) is 6.92 Å². The SMILES string of the molecule is Cc1ccc(SC(=S)[S-])cc1.[Na+]. The molecule has 0 saturated carbocycles. The molecule has 0 bridgehead atoms. The van der Waals surface area contributed by atoms with E-state index in [0.717, 1.165) is 4.90 Å². The Kier molecular flexibility index (Phi) is 6.82. The third-order valence-electron chi connectivity index (χ3n) is 1.22. The van der Waals surface area contributed by atoms with Gasteiger partial charge in [0.2, 0.25) is 0 Å². The number of thioether (sulfide) groups is 1. The molecule has 12 heavy (non-hydrogen) atoms. The van der Waals surface area contributed by atoms with E-state index in [-0.39, 0.29) is 29.6 Å². The van der Waals surface area contributed by atoms with Crippen LogP contribution in [0.2, 0.25) is 0 Å². The molecule has 0 aliphatic heterocycles. The molecular formula is C8H7NaS3. The molecule has 1 rings (SSSR count). The van der Waals surface area contributed by atoms with Crippen LogP contribution in [0.25, 0.3) is 0 Å². The van der Waals surface area contributed by atoms with Gasteiger partial charge in [0.15, 0.2) is 0 Å². The zero-order valence-electron chi connectivity index (χ0n) is 7.03. The van der Waals surface area contributed by atoms with Gasteiger partial charge in [-0.15, -0.1) is 11.8 Å². The van der Waals surface area contributed by atoms with Gasteiger partial charge in [-0.25, -0.2) is 0 Å². The normalized spacial score (nSPS) is 8.75. The van der Waals surface area contributed by atoms with Crippen molar-refractivity contribution in [3.8, 4) is 0 Å². The Morgan fingerprint density at radius 2 is 1.83 bits per heavy atom. The summed E-state index contributed by atoms with van der Waals surface area (Å²) < 4.78 is 0.550. The second kappa shape index (κ2) is 6.35. The number of thiocarbonyl (C=S) groups is 1. The summed E-state index contributed by atoms with van der Waals surface area (Å²) in [5, 5.41) is 0. The minimum atomic E-state index is 0. The van der Waals surface area contributed by atoms with Gasteiger partial charge in [-0.2, -0.15) is 0 Å². The summed E-state index contributed by atoms with van der Waals surface area (Å²) in [6.45, 7) is 2.06. The number of hydrogen-bond donors (Lipinski definition) is 0. The zero-order valence-corrected chi connectivity index (χ0v) is 11.5. The van der Waals surface area contributed by atoms with Crippen molar-refractivity contribution in [3.05, 3.63) is 29.8 Å². The maximum atomic E-state index is 4.79. The molecule has 0 fully saturated rings. The van der Waals surface area contributed by atoms with E-state index in [1.54, 1.807) is 0 Å². The van der Waals surface area contributed by atoms with Gasteiger partial charge in [0.25, 0.3) is 0 Å². The van der Waals surface area contributed by atoms with Gasteiger partial charge < -0.3 is 24.8 Å². The molecule has 0 spiro atoms. The molecule has 0 unspecified atom stereocenters. The average Bonchev–Trinajstić information content (AvgIpc) is 1.93. The summed E-state index contributed by atoms with van der Waals surface area (Å²) >= 11 is 11.0. The van der Waals surface area contributed by atoms with Gasteiger partial charge in [-0.1, -0.05) is 21.2 Å². The zero-order chi connectivity index (χ0) is 8.27. The third-order valence-corrected chi connectivity index (χ3v) is 2.40. The molecule has 0 aliphatic carbocycles. The van der Waals surface area contributed by atoms with E-state index in [2.05, 4.69) is 19.1 Å². The first-order chi connectivity index (χ1) is 5.18. The summed E-state index contributed by atoms with van der Waals surface area (Å²) in [5.41, 5.74) is 1.25. The molecule has 0 N–H and O–H groups in total. The smallest absolute Gasteiger partial charge is 0.422 e. The van der Waals surface area contributed by atoms with E-state index >= 15 is 0 Å². The van der Waals surface area contributed by atoms with Crippen LogP contribution in [0.15, 0.2) is 29.2 Å². The molecule has 0 heterocycles. The molecule has 4 heteroatoms. The molecule has 0 nitrogen and oxygen atoms in total. The number of aryl methyl sites for hydroxylation is 1. The van der Waals surface area contributed by atoms with E-state index in [1.165, 1.54) is 17.3 Å². The first-order valence-electron chi connectivity index (χ1n) is 3.14. The Morgan fingerprint density at radius 1 is 1.33 bits per heavy atom. The fourth-order valence-corrected chi connectivity index (χ4v) is 1.74. The van der Waals surface area contributed by atoms with Crippen molar-refractivity contribution in [2.75, 3.05) is 0 Å². The minimum absolute atomic E-state index is 0. The molecule has 0 saturated heterocycles. The predicted octanol–water partition coefficient (Wildman–Crippen LogP) is -0.0771. The maximum absolute atomic E-state index is 4.79. The van der Waals surface area contributed by atoms with Crippen LogP contribution in [-0.2, 0) is 12.6 Å². The van der Waals surface area contributed by atoms with Gasteiger partial charge in [-0.05, 0) is 19.1 Å². The van der Waals surface area contributed by atoms with Crippen molar-refractivity contribution < 1.29 is 29.6 Å². The largest absolute Gasteiger partial charge is 1.00 e. The first kappa shape index (κ1) is 12.9. The van der Waals surface area contributed by atoms with Crippen molar-refractivity contribution in [2.24, 2.45) is 0 Å². The fraction of sp³-hybridized carbons (Fsp3) is 0.125. The summed E-state index contributed by atoms with van der Waals surface area (Å²) in [5.74, 6) is 0. The van der Waals surface area contributed by atoms with Crippen LogP contribution in [0.5, 0.6) is 0 Å². The third kappa shape index (κ3) is 4.80. The molecule has 0 radical (unpaired) electrons. The first-order valence-corrected chi connectivity index (χ1v) is 4.77. The predicted molar refractivity (Wildman–Crippen MR) is 57.0 cm³/mol. The van der Waals surface area contributed by atoms with E-state index in [1.807, 2.05) is 12.1 Å². The Bertz CT molecular complexity index is 256. The Balaban J connectivity index is 0.00000121. The number of hydrogen-bond acceptors (Lipinski definition) is 3. The minimum Gasteiger partial charge on any atom is -0.422 e. The summed E-state index contributed by atoms with van der Waals surface area (Å²) in [6, 6.07) is 8.16. The Morgan fingerprint density at radius 3 is 2.25 bits per heavy atom. The van der Waals surface area contributed by atoms with Gasteiger partial charge in [-0.3, -0.25) is 0 Å². The second-order valence-electron chi connectivity index (χ2n) is 2.17. The summed E-state index contributed by atoms with van der Waals surface area (Å²) in [4.78, 5) is 1.12. The molecule has 0 amide bonds. The van der Waals surface area contributed by atoms with Crippen LogP contribution < -0.4 is 29.6 Å².